The van der Waals surface area contributed by atoms with E-state index < -0.39 is 6.04 Å². The van der Waals surface area contributed by atoms with Crippen molar-refractivity contribution in [1.29, 1.82) is 0 Å². The van der Waals surface area contributed by atoms with Crippen molar-refractivity contribution in [3.8, 4) is 0 Å². The molecule has 5 heteroatoms. The van der Waals surface area contributed by atoms with Gasteiger partial charge in [-0.2, -0.15) is 0 Å². The maximum atomic E-state index is 12.6. The van der Waals surface area contributed by atoms with Crippen LogP contribution in [-0.4, -0.2) is 27.1 Å². The predicted octanol–water partition coefficient (Wildman–Crippen LogP) is 3.88. The van der Waals surface area contributed by atoms with Crippen LogP contribution in [0.1, 0.15) is 62.6 Å². The van der Waals surface area contributed by atoms with Crippen LogP contribution in [-0.2, 0) is 9.53 Å². The number of fused-ring (bicyclic) bond motifs is 1. The van der Waals surface area contributed by atoms with Crippen LogP contribution < -0.4 is 0 Å². The molecule has 0 N–H and O–H groups in total. The first-order chi connectivity index (χ1) is 11.1. The summed E-state index contributed by atoms with van der Waals surface area (Å²) in [6, 6.07) is 3.68. The lowest BCUT2D eigenvalue weighted by Crippen LogP contribution is -2.28. The number of carbonyl (C=O) groups is 1. The summed E-state index contributed by atoms with van der Waals surface area (Å²) in [6.45, 7) is 6.11. The van der Waals surface area contributed by atoms with E-state index in [9.17, 15) is 4.79 Å². The standard InChI is InChI=1S/C18H25N3O2/c1-4-16(18(22)23-14-8-6-5-7-9-14)21-17-11-13(3)12(2)10-15(17)19-20-21/h10-11,14,16H,4-9H2,1-3H3. The number of carbonyl (C=O) groups excluding carboxylic acids is 1. The number of aromatic nitrogens is 3. The Balaban J connectivity index is 1.85. The number of hydrogen-bond acceptors (Lipinski definition) is 4. The molecule has 2 aromatic rings. The highest BCUT2D eigenvalue weighted by atomic mass is 16.5. The summed E-state index contributed by atoms with van der Waals surface area (Å²) < 4.78 is 7.47. The maximum absolute atomic E-state index is 12.6. The van der Waals surface area contributed by atoms with Crippen molar-refractivity contribution in [3.05, 3.63) is 23.3 Å². The van der Waals surface area contributed by atoms with E-state index in [-0.39, 0.29) is 12.1 Å². The van der Waals surface area contributed by atoms with Gasteiger partial charge in [-0.1, -0.05) is 18.6 Å². The molecule has 23 heavy (non-hydrogen) atoms. The lowest BCUT2D eigenvalue weighted by atomic mass is 9.98. The molecule has 1 aromatic heterocycles. The minimum Gasteiger partial charge on any atom is -0.461 e. The fourth-order valence-corrected chi connectivity index (χ4v) is 3.29. The van der Waals surface area contributed by atoms with Crippen molar-refractivity contribution in [2.75, 3.05) is 0 Å². The van der Waals surface area contributed by atoms with E-state index in [4.69, 9.17) is 4.74 Å². The van der Waals surface area contributed by atoms with Crippen LogP contribution in [0.2, 0.25) is 0 Å². The molecule has 0 aliphatic heterocycles. The van der Waals surface area contributed by atoms with Crippen molar-refractivity contribution in [1.82, 2.24) is 15.0 Å². The van der Waals surface area contributed by atoms with Gasteiger partial charge in [0, 0.05) is 0 Å². The molecule has 3 rings (SSSR count). The molecule has 1 aliphatic rings. The van der Waals surface area contributed by atoms with Crippen LogP contribution in [0, 0.1) is 13.8 Å². The highest BCUT2D eigenvalue weighted by molar-refractivity contribution is 5.80. The third-order valence-corrected chi connectivity index (χ3v) is 4.88. The first-order valence-electron chi connectivity index (χ1n) is 8.62. The third kappa shape index (κ3) is 3.23. The van der Waals surface area contributed by atoms with E-state index >= 15 is 0 Å². The molecule has 0 saturated heterocycles. The molecule has 1 saturated carbocycles. The molecule has 1 fully saturated rings. The van der Waals surface area contributed by atoms with E-state index in [0.29, 0.717) is 6.42 Å². The maximum Gasteiger partial charge on any atom is 0.331 e. The second kappa shape index (κ2) is 6.69. The molecule has 5 nitrogen and oxygen atoms in total. The number of nitrogens with zero attached hydrogens (tertiary/aromatic N) is 3. The topological polar surface area (TPSA) is 57.0 Å². The van der Waals surface area contributed by atoms with Crippen LogP contribution in [0.25, 0.3) is 11.0 Å². The van der Waals surface area contributed by atoms with Crippen LogP contribution in [0.4, 0.5) is 0 Å². The van der Waals surface area contributed by atoms with Crippen molar-refractivity contribution >= 4 is 17.0 Å². The normalized spacial score (nSPS) is 17.3. The van der Waals surface area contributed by atoms with Crippen LogP contribution in [0.5, 0.6) is 0 Å². The first kappa shape index (κ1) is 16.0. The SMILES string of the molecule is CCC(C(=O)OC1CCCCC1)n1nnc2cc(C)c(C)cc21. The zero-order chi connectivity index (χ0) is 16.4. The van der Waals surface area contributed by atoms with Crippen LogP contribution in [0.15, 0.2) is 12.1 Å². The summed E-state index contributed by atoms with van der Waals surface area (Å²) in [4.78, 5) is 12.6. The Morgan fingerprint density at radius 2 is 1.96 bits per heavy atom. The molecule has 0 spiro atoms. The summed E-state index contributed by atoms with van der Waals surface area (Å²) in [6.07, 6.45) is 6.24. The zero-order valence-corrected chi connectivity index (χ0v) is 14.2. The van der Waals surface area contributed by atoms with Crippen LogP contribution >= 0.6 is 0 Å². The Bertz CT molecular complexity index is 702. The first-order valence-corrected chi connectivity index (χ1v) is 8.62. The second-order valence-corrected chi connectivity index (χ2v) is 6.58. The number of benzene rings is 1. The monoisotopic (exact) mass is 315 g/mol. The quantitative estimate of drug-likeness (QED) is 0.804. The van der Waals surface area contributed by atoms with E-state index in [2.05, 4.69) is 30.2 Å². The molecule has 1 atom stereocenters. The lowest BCUT2D eigenvalue weighted by Gasteiger charge is -2.24. The average Bonchev–Trinajstić information content (AvgIpc) is 2.92. The Labute approximate surface area is 137 Å². The smallest absolute Gasteiger partial charge is 0.331 e. The van der Waals surface area contributed by atoms with Gasteiger partial charge in [-0.3, -0.25) is 0 Å². The van der Waals surface area contributed by atoms with Gasteiger partial charge < -0.3 is 4.74 Å². The van der Waals surface area contributed by atoms with E-state index in [1.165, 1.54) is 17.5 Å². The Morgan fingerprint density at radius 3 is 2.65 bits per heavy atom. The summed E-state index contributed by atoms with van der Waals surface area (Å²) >= 11 is 0. The fraction of sp³-hybridized carbons (Fsp3) is 0.611. The third-order valence-electron chi connectivity index (χ3n) is 4.88. The van der Waals surface area contributed by atoms with E-state index in [1.807, 2.05) is 13.0 Å². The minimum absolute atomic E-state index is 0.0732. The van der Waals surface area contributed by atoms with Crippen molar-refractivity contribution in [2.24, 2.45) is 0 Å². The summed E-state index contributed by atoms with van der Waals surface area (Å²) in [5.41, 5.74) is 4.09. The van der Waals surface area contributed by atoms with Gasteiger partial charge in [0.25, 0.3) is 0 Å². The largest absolute Gasteiger partial charge is 0.461 e. The molecule has 1 aromatic carbocycles. The average molecular weight is 315 g/mol. The number of aryl methyl sites for hydroxylation is 2. The Morgan fingerprint density at radius 1 is 1.26 bits per heavy atom. The minimum atomic E-state index is -0.399. The van der Waals surface area contributed by atoms with Gasteiger partial charge in [0.2, 0.25) is 0 Å². The molecule has 1 unspecified atom stereocenters. The molecule has 1 aliphatic carbocycles. The molecule has 1 heterocycles. The lowest BCUT2D eigenvalue weighted by molar-refractivity contribution is -0.155. The Hall–Kier alpha value is -1.91. The van der Waals surface area contributed by atoms with Gasteiger partial charge in [-0.15, -0.1) is 5.10 Å². The van der Waals surface area contributed by atoms with Gasteiger partial charge in [0.15, 0.2) is 6.04 Å². The van der Waals surface area contributed by atoms with Gasteiger partial charge in [0.05, 0.1) is 5.52 Å². The summed E-state index contributed by atoms with van der Waals surface area (Å²) in [5, 5.41) is 8.45. The molecule has 0 radical (unpaired) electrons. The molecular weight excluding hydrogens is 290 g/mol. The summed E-state index contributed by atoms with van der Waals surface area (Å²) in [7, 11) is 0. The van der Waals surface area contributed by atoms with Gasteiger partial charge in [0.1, 0.15) is 11.6 Å². The predicted molar refractivity (Wildman–Crippen MR) is 89.3 cm³/mol. The zero-order valence-electron chi connectivity index (χ0n) is 14.2. The Kier molecular flexibility index (Phi) is 4.64. The molecule has 0 amide bonds. The van der Waals surface area contributed by atoms with Crippen molar-refractivity contribution in [3.63, 3.8) is 0 Å². The fourth-order valence-electron chi connectivity index (χ4n) is 3.29. The van der Waals surface area contributed by atoms with Gasteiger partial charge in [-0.05, 0) is 69.2 Å². The molecular formula is C18H25N3O2. The van der Waals surface area contributed by atoms with Crippen molar-refractivity contribution in [2.45, 2.75) is 71.4 Å². The van der Waals surface area contributed by atoms with Crippen molar-refractivity contribution < 1.29 is 9.53 Å². The van der Waals surface area contributed by atoms with E-state index in [0.717, 1.165) is 36.7 Å². The number of rotatable bonds is 4. The second-order valence-electron chi connectivity index (χ2n) is 6.58. The highest BCUT2D eigenvalue weighted by Gasteiger charge is 2.27. The van der Waals surface area contributed by atoms with Gasteiger partial charge in [-0.25, -0.2) is 9.48 Å². The molecule has 124 valence electrons. The highest BCUT2D eigenvalue weighted by Crippen LogP contribution is 2.25. The number of ether oxygens (including phenoxy) is 1. The molecule has 0 bridgehead atoms. The van der Waals surface area contributed by atoms with Gasteiger partial charge >= 0.3 is 5.97 Å². The van der Waals surface area contributed by atoms with E-state index in [1.54, 1.807) is 4.68 Å². The summed E-state index contributed by atoms with van der Waals surface area (Å²) in [5.74, 6) is -0.176. The van der Waals surface area contributed by atoms with Crippen LogP contribution in [0.3, 0.4) is 0 Å². The number of hydrogen-bond donors (Lipinski definition) is 0. The number of esters is 1.